The van der Waals surface area contributed by atoms with Crippen molar-refractivity contribution in [1.29, 1.82) is 0 Å². The molecule has 1 N–H and O–H groups in total. The lowest BCUT2D eigenvalue weighted by atomic mass is 10.1. The Morgan fingerprint density at radius 3 is 2.69 bits per heavy atom. The highest BCUT2D eigenvalue weighted by Crippen LogP contribution is 2.23. The molecule has 0 spiro atoms. The molecule has 1 amide bonds. The second-order valence-electron chi connectivity index (χ2n) is 5.96. The molecule has 1 aromatic heterocycles. The molecule has 0 aliphatic rings. The minimum absolute atomic E-state index is 0.101. The number of aryl methyl sites for hydroxylation is 3. The minimum Gasteiger partial charge on any atom is -0.325 e. The van der Waals surface area contributed by atoms with Gasteiger partial charge >= 0.3 is 0 Å². The molecule has 8 heteroatoms. The van der Waals surface area contributed by atoms with Gasteiger partial charge in [-0.1, -0.05) is 45.4 Å². The highest BCUT2D eigenvalue weighted by atomic mass is 79.9. The van der Waals surface area contributed by atoms with Crippen LogP contribution in [-0.4, -0.2) is 31.9 Å². The van der Waals surface area contributed by atoms with Gasteiger partial charge in [-0.05, 0) is 66.6 Å². The molecule has 26 heavy (non-hydrogen) atoms. The number of hydrogen-bond donors (Lipinski definition) is 1. The normalized spacial score (nSPS) is 10.8. The van der Waals surface area contributed by atoms with Gasteiger partial charge in [-0.2, -0.15) is 4.68 Å². The average Bonchev–Trinajstić information content (AvgIpc) is 3.04. The number of aromatic nitrogens is 4. The number of halogens is 1. The molecule has 0 unspecified atom stereocenters. The summed E-state index contributed by atoms with van der Waals surface area (Å²) >= 11 is 4.72. The molecule has 0 fully saturated rings. The van der Waals surface area contributed by atoms with Crippen molar-refractivity contribution in [2.24, 2.45) is 0 Å². The van der Waals surface area contributed by atoms with Crippen molar-refractivity contribution in [3.8, 4) is 5.69 Å². The number of amides is 1. The Bertz CT molecular complexity index is 957. The van der Waals surface area contributed by atoms with Gasteiger partial charge in [0, 0.05) is 10.2 Å². The number of thioether (sulfide) groups is 1. The number of tetrazole rings is 1. The molecular weight excluding hydrogens is 414 g/mol. The van der Waals surface area contributed by atoms with E-state index in [1.165, 1.54) is 17.3 Å². The average molecular weight is 432 g/mol. The zero-order valence-corrected chi connectivity index (χ0v) is 17.1. The monoisotopic (exact) mass is 431 g/mol. The third kappa shape index (κ3) is 4.31. The molecule has 0 saturated carbocycles. The summed E-state index contributed by atoms with van der Waals surface area (Å²) in [5, 5.41) is 15.4. The lowest BCUT2D eigenvalue weighted by molar-refractivity contribution is -0.113. The first-order valence-corrected chi connectivity index (χ1v) is 9.76. The molecule has 0 aliphatic carbocycles. The maximum atomic E-state index is 12.3. The van der Waals surface area contributed by atoms with E-state index in [4.69, 9.17) is 0 Å². The molecule has 0 radical (unpaired) electrons. The Kier molecular flexibility index (Phi) is 5.73. The van der Waals surface area contributed by atoms with E-state index in [-0.39, 0.29) is 11.7 Å². The largest absolute Gasteiger partial charge is 0.325 e. The van der Waals surface area contributed by atoms with Gasteiger partial charge in [0.05, 0.1) is 11.4 Å². The summed E-state index contributed by atoms with van der Waals surface area (Å²) in [4.78, 5) is 12.3. The van der Waals surface area contributed by atoms with Crippen molar-refractivity contribution < 1.29 is 4.79 Å². The number of benzene rings is 2. The van der Waals surface area contributed by atoms with E-state index in [0.717, 1.165) is 27.0 Å². The predicted octanol–water partition coefficient (Wildman–Crippen LogP) is 4.08. The van der Waals surface area contributed by atoms with E-state index in [2.05, 4.69) is 42.8 Å². The molecule has 3 aromatic rings. The van der Waals surface area contributed by atoms with E-state index in [9.17, 15) is 4.79 Å². The van der Waals surface area contributed by atoms with Gasteiger partial charge in [0.1, 0.15) is 0 Å². The number of nitrogens with zero attached hydrogens (tertiary/aromatic N) is 4. The summed E-state index contributed by atoms with van der Waals surface area (Å²) in [6.45, 7) is 6.01. The Balaban J connectivity index is 1.69. The Hall–Kier alpha value is -2.19. The number of anilines is 1. The molecule has 134 valence electrons. The van der Waals surface area contributed by atoms with Crippen molar-refractivity contribution in [3.63, 3.8) is 0 Å². The zero-order valence-electron chi connectivity index (χ0n) is 14.7. The maximum absolute atomic E-state index is 12.3. The van der Waals surface area contributed by atoms with Crippen LogP contribution in [0, 0.1) is 20.8 Å². The Labute approximate surface area is 164 Å². The topological polar surface area (TPSA) is 72.7 Å². The van der Waals surface area contributed by atoms with Crippen LogP contribution < -0.4 is 5.32 Å². The molecule has 1 heterocycles. The first kappa shape index (κ1) is 18.6. The molecule has 0 saturated heterocycles. The first-order valence-electron chi connectivity index (χ1n) is 7.99. The fraction of sp³-hybridized carbons (Fsp3) is 0.222. The predicted molar refractivity (Wildman–Crippen MR) is 107 cm³/mol. The van der Waals surface area contributed by atoms with Gasteiger partial charge in [0.2, 0.25) is 11.1 Å². The van der Waals surface area contributed by atoms with Crippen LogP contribution in [0.15, 0.2) is 46.0 Å². The molecule has 0 atom stereocenters. The quantitative estimate of drug-likeness (QED) is 0.616. The third-order valence-electron chi connectivity index (χ3n) is 3.82. The number of nitrogens with one attached hydrogen (secondary N) is 1. The van der Waals surface area contributed by atoms with Gasteiger partial charge in [-0.3, -0.25) is 4.79 Å². The lowest BCUT2D eigenvalue weighted by Crippen LogP contribution is -2.15. The Morgan fingerprint density at radius 1 is 1.15 bits per heavy atom. The lowest BCUT2D eigenvalue weighted by Gasteiger charge is -2.10. The summed E-state index contributed by atoms with van der Waals surface area (Å²) in [7, 11) is 0. The van der Waals surface area contributed by atoms with Crippen LogP contribution in [0.25, 0.3) is 5.69 Å². The van der Waals surface area contributed by atoms with Crippen molar-refractivity contribution in [2.75, 3.05) is 11.1 Å². The van der Waals surface area contributed by atoms with E-state index in [0.29, 0.717) is 5.16 Å². The van der Waals surface area contributed by atoms with Crippen molar-refractivity contribution >= 4 is 39.3 Å². The summed E-state index contributed by atoms with van der Waals surface area (Å²) in [5.74, 6) is 0.122. The molecular formula is C18H18BrN5OS. The molecule has 6 nitrogen and oxygen atoms in total. The van der Waals surface area contributed by atoms with Crippen molar-refractivity contribution in [2.45, 2.75) is 25.9 Å². The fourth-order valence-electron chi connectivity index (χ4n) is 2.55. The van der Waals surface area contributed by atoms with Crippen molar-refractivity contribution in [3.05, 3.63) is 57.6 Å². The number of rotatable bonds is 5. The highest BCUT2D eigenvalue weighted by Gasteiger charge is 2.13. The van der Waals surface area contributed by atoms with Gasteiger partial charge in [-0.25, -0.2) is 0 Å². The zero-order chi connectivity index (χ0) is 18.7. The number of hydrogen-bond acceptors (Lipinski definition) is 5. The third-order valence-corrected chi connectivity index (χ3v) is 5.23. The van der Waals surface area contributed by atoms with Crippen LogP contribution in [0.2, 0.25) is 0 Å². The second kappa shape index (κ2) is 8.01. The first-order chi connectivity index (χ1) is 12.4. The van der Waals surface area contributed by atoms with Gasteiger partial charge in [0.25, 0.3) is 0 Å². The van der Waals surface area contributed by atoms with Gasteiger partial charge in [0.15, 0.2) is 0 Å². The van der Waals surface area contributed by atoms with Crippen molar-refractivity contribution in [1.82, 2.24) is 20.2 Å². The van der Waals surface area contributed by atoms with Crippen LogP contribution in [0.1, 0.15) is 16.7 Å². The van der Waals surface area contributed by atoms with E-state index in [1.807, 2.05) is 51.1 Å². The summed E-state index contributed by atoms with van der Waals surface area (Å²) < 4.78 is 2.65. The van der Waals surface area contributed by atoms with E-state index >= 15 is 0 Å². The smallest absolute Gasteiger partial charge is 0.234 e. The molecule has 0 aliphatic heterocycles. The van der Waals surface area contributed by atoms with Crippen LogP contribution in [0.5, 0.6) is 0 Å². The molecule has 2 aromatic carbocycles. The molecule has 0 bridgehead atoms. The maximum Gasteiger partial charge on any atom is 0.234 e. The Morgan fingerprint density at radius 2 is 1.96 bits per heavy atom. The number of carbonyl (C=O) groups is 1. The fourth-order valence-corrected chi connectivity index (χ4v) is 3.71. The van der Waals surface area contributed by atoms with E-state index in [1.54, 1.807) is 4.68 Å². The van der Waals surface area contributed by atoms with Crippen LogP contribution in [-0.2, 0) is 4.79 Å². The van der Waals surface area contributed by atoms with Crippen LogP contribution >= 0.6 is 27.7 Å². The highest BCUT2D eigenvalue weighted by molar-refractivity contribution is 9.10. The standard InChI is InChI=1S/C18H18BrN5OS/c1-11-4-7-16(13(3)8-11)24-18(21-22-23-24)26-10-17(25)20-15-6-5-14(19)9-12(15)2/h4-9H,10H2,1-3H3,(H,20,25). The minimum atomic E-state index is -0.101. The van der Waals surface area contributed by atoms with Crippen LogP contribution in [0.3, 0.4) is 0 Å². The van der Waals surface area contributed by atoms with Crippen LogP contribution in [0.4, 0.5) is 5.69 Å². The molecule has 3 rings (SSSR count). The second-order valence-corrected chi connectivity index (χ2v) is 7.82. The summed E-state index contributed by atoms with van der Waals surface area (Å²) in [6, 6.07) is 11.8. The van der Waals surface area contributed by atoms with E-state index < -0.39 is 0 Å². The van der Waals surface area contributed by atoms with Gasteiger partial charge < -0.3 is 5.32 Å². The summed E-state index contributed by atoms with van der Waals surface area (Å²) in [6.07, 6.45) is 0. The SMILES string of the molecule is Cc1ccc(-n2nnnc2SCC(=O)Nc2ccc(Br)cc2C)c(C)c1. The number of carbonyl (C=O) groups excluding carboxylic acids is 1. The van der Waals surface area contributed by atoms with Gasteiger partial charge in [-0.15, -0.1) is 5.10 Å². The summed E-state index contributed by atoms with van der Waals surface area (Å²) in [5.41, 5.74) is 4.96.